The molecule has 20 heavy (non-hydrogen) atoms. The van der Waals surface area contributed by atoms with Crippen molar-refractivity contribution in [3.63, 3.8) is 0 Å². The van der Waals surface area contributed by atoms with Crippen LogP contribution in [0.4, 0.5) is 0 Å². The van der Waals surface area contributed by atoms with Gasteiger partial charge in [-0.1, -0.05) is 0 Å². The van der Waals surface area contributed by atoms with Crippen LogP contribution in [0.5, 0.6) is 5.75 Å². The van der Waals surface area contributed by atoms with Crippen LogP contribution in [0.1, 0.15) is 25.2 Å². The highest BCUT2D eigenvalue weighted by Gasteiger charge is 2.19. The van der Waals surface area contributed by atoms with Crippen LogP contribution in [0.15, 0.2) is 34.9 Å². The fourth-order valence-electron chi connectivity index (χ4n) is 2.15. The van der Waals surface area contributed by atoms with Crippen LogP contribution in [0.3, 0.4) is 0 Å². The lowest BCUT2D eigenvalue weighted by Crippen LogP contribution is -2.17. The van der Waals surface area contributed by atoms with E-state index in [1.807, 2.05) is 24.3 Å². The molecule has 0 aliphatic heterocycles. The summed E-state index contributed by atoms with van der Waals surface area (Å²) in [5.41, 5.74) is 1.03. The van der Waals surface area contributed by atoms with E-state index in [1.165, 1.54) is 12.8 Å². The third kappa shape index (κ3) is 3.39. The van der Waals surface area contributed by atoms with Gasteiger partial charge in [0.1, 0.15) is 5.75 Å². The highest BCUT2D eigenvalue weighted by atomic mass is 16.5. The minimum Gasteiger partial charge on any atom is -0.497 e. The van der Waals surface area contributed by atoms with Gasteiger partial charge in [-0.2, -0.15) is 0 Å². The summed E-state index contributed by atoms with van der Waals surface area (Å²) in [5.74, 6) is 2.48. The van der Waals surface area contributed by atoms with Gasteiger partial charge in [-0.3, -0.25) is 0 Å². The molecule has 1 aliphatic rings. The molecule has 0 amide bonds. The van der Waals surface area contributed by atoms with Crippen molar-refractivity contribution in [3.8, 4) is 17.1 Å². The van der Waals surface area contributed by atoms with Crippen molar-refractivity contribution < 1.29 is 9.15 Å². The van der Waals surface area contributed by atoms with E-state index in [9.17, 15) is 0 Å². The summed E-state index contributed by atoms with van der Waals surface area (Å²) >= 11 is 0. The molecular formula is C16H20N2O2. The Balaban J connectivity index is 1.54. The summed E-state index contributed by atoms with van der Waals surface area (Å²) < 4.78 is 10.9. The quantitative estimate of drug-likeness (QED) is 0.787. The van der Waals surface area contributed by atoms with Crippen molar-refractivity contribution in [3.05, 3.63) is 36.4 Å². The van der Waals surface area contributed by atoms with Crippen molar-refractivity contribution >= 4 is 0 Å². The second-order valence-corrected chi connectivity index (χ2v) is 5.18. The number of hydrogen-bond acceptors (Lipinski definition) is 4. The smallest absolute Gasteiger partial charge is 0.194 e. The molecule has 2 aromatic rings. The van der Waals surface area contributed by atoms with Gasteiger partial charge in [0, 0.05) is 18.0 Å². The summed E-state index contributed by atoms with van der Waals surface area (Å²) in [6.45, 7) is 1.05. The maximum atomic E-state index is 5.79. The van der Waals surface area contributed by atoms with Gasteiger partial charge in [-0.25, -0.2) is 4.98 Å². The third-order valence-electron chi connectivity index (χ3n) is 3.51. The Bertz CT molecular complexity index is 544. The van der Waals surface area contributed by atoms with Crippen LogP contribution in [0, 0.1) is 0 Å². The number of benzene rings is 1. The van der Waals surface area contributed by atoms with Gasteiger partial charge >= 0.3 is 0 Å². The molecule has 0 saturated heterocycles. The Morgan fingerprint density at radius 3 is 2.80 bits per heavy atom. The molecule has 1 N–H and O–H groups in total. The number of hydrogen-bond donors (Lipinski definition) is 1. The Morgan fingerprint density at radius 1 is 1.30 bits per heavy atom. The van der Waals surface area contributed by atoms with E-state index in [-0.39, 0.29) is 0 Å². The van der Waals surface area contributed by atoms with E-state index in [2.05, 4.69) is 10.3 Å². The summed E-state index contributed by atoms with van der Waals surface area (Å²) in [6.07, 6.45) is 6.42. The van der Waals surface area contributed by atoms with Gasteiger partial charge in [-0.15, -0.1) is 0 Å². The zero-order valence-corrected chi connectivity index (χ0v) is 11.8. The number of oxazole rings is 1. The number of aryl methyl sites for hydroxylation is 1. The molecule has 106 valence electrons. The molecule has 1 aliphatic carbocycles. The van der Waals surface area contributed by atoms with Crippen molar-refractivity contribution in [2.75, 3.05) is 13.7 Å². The van der Waals surface area contributed by atoms with Gasteiger partial charge in [-0.05, 0) is 50.1 Å². The van der Waals surface area contributed by atoms with E-state index in [0.29, 0.717) is 0 Å². The second-order valence-electron chi connectivity index (χ2n) is 5.18. The van der Waals surface area contributed by atoms with E-state index in [0.717, 1.165) is 48.4 Å². The Labute approximate surface area is 119 Å². The molecule has 0 bridgehead atoms. The summed E-state index contributed by atoms with van der Waals surface area (Å²) in [7, 11) is 1.66. The van der Waals surface area contributed by atoms with Crippen molar-refractivity contribution in [2.24, 2.45) is 0 Å². The normalized spacial score (nSPS) is 14.4. The largest absolute Gasteiger partial charge is 0.497 e. The SMILES string of the molecule is COc1ccc(-c2cnc(CCCNC3CC3)o2)cc1. The van der Waals surface area contributed by atoms with Crippen LogP contribution in [0.25, 0.3) is 11.3 Å². The number of nitrogens with zero attached hydrogens (tertiary/aromatic N) is 1. The predicted octanol–water partition coefficient (Wildman–Crippen LogP) is 3.03. The highest BCUT2D eigenvalue weighted by Crippen LogP contribution is 2.23. The van der Waals surface area contributed by atoms with Gasteiger partial charge in [0.2, 0.25) is 0 Å². The van der Waals surface area contributed by atoms with Gasteiger partial charge in [0.05, 0.1) is 13.3 Å². The zero-order chi connectivity index (χ0) is 13.8. The van der Waals surface area contributed by atoms with Crippen LogP contribution in [-0.4, -0.2) is 24.7 Å². The number of nitrogens with one attached hydrogen (secondary N) is 1. The maximum Gasteiger partial charge on any atom is 0.194 e. The molecule has 0 spiro atoms. The predicted molar refractivity (Wildman–Crippen MR) is 77.8 cm³/mol. The van der Waals surface area contributed by atoms with Crippen LogP contribution in [-0.2, 0) is 6.42 Å². The fraction of sp³-hybridized carbons (Fsp3) is 0.438. The van der Waals surface area contributed by atoms with Crippen molar-refractivity contribution in [2.45, 2.75) is 31.7 Å². The molecule has 4 heteroatoms. The average molecular weight is 272 g/mol. The van der Waals surface area contributed by atoms with E-state index in [4.69, 9.17) is 9.15 Å². The summed E-state index contributed by atoms with van der Waals surface area (Å²) in [4.78, 5) is 4.34. The molecule has 1 fully saturated rings. The molecule has 0 atom stereocenters. The highest BCUT2D eigenvalue weighted by molar-refractivity contribution is 5.57. The third-order valence-corrected chi connectivity index (χ3v) is 3.51. The molecule has 4 nitrogen and oxygen atoms in total. The number of ether oxygens (including phenoxy) is 1. The first-order valence-corrected chi connectivity index (χ1v) is 7.17. The summed E-state index contributed by atoms with van der Waals surface area (Å²) in [5, 5.41) is 3.49. The standard InChI is InChI=1S/C16H20N2O2/c1-19-14-8-4-12(5-9-14)15-11-18-16(20-15)3-2-10-17-13-6-7-13/h4-5,8-9,11,13,17H,2-3,6-7,10H2,1H3. The lowest BCUT2D eigenvalue weighted by Gasteiger charge is -2.01. The zero-order valence-electron chi connectivity index (χ0n) is 11.8. The molecule has 1 aromatic carbocycles. The second kappa shape index (κ2) is 6.09. The lowest BCUT2D eigenvalue weighted by atomic mass is 10.2. The first-order valence-electron chi connectivity index (χ1n) is 7.17. The van der Waals surface area contributed by atoms with Gasteiger partial charge < -0.3 is 14.5 Å². The molecule has 0 unspecified atom stereocenters. The maximum absolute atomic E-state index is 5.79. The Kier molecular flexibility index (Phi) is 4.02. The van der Waals surface area contributed by atoms with E-state index in [1.54, 1.807) is 13.3 Å². The van der Waals surface area contributed by atoms with E-state index >= 15 is 0 Å². The monoisotopic (exact) mass is 272 g/mol. The molecule has 1 saturated carbocycles. The topological polar surface area (TPSA) is 47.3 Å². The minimum atomic E-state index is 0.773. The Morgan fingerprint density at radius 2 is 2.10 bits per heavy atom. The van der Waals surface area contributed by atoms with E-state index < -0.39 is 0 Å². The van der Waals surface area contributed by atoms with Crippen LogP contribution in [0.2, 0.25) is 0 Å². The van der Waals surface area contributed by atoms with Crippen LogP contribution >= 0.6 is 0 Å². The molecule has 1 heterocycles. The molecule has 1 aromatic heterocycles. The number of methoxy groups -OCH3 is 1. The number of rotatable bonds is 7. The van der Waals surface area contributed by atoms with Crippen molar-refractivity contribution in [1.82, 2.24) is 10.3 Å². The van der Waals surface area contributed by atoms with Gasteiger partial charge in [0.25, 0.3) is 0 Å². The minimum absolute atomic E-state index is 0.773. The first-order chi connectivity index (χ1) is 9.85. The summed E-state index contributed by atoms with van der Waals surface area (Å²) in [6, 6.07) is 8.60. The molecule has 0 radical (unpaired) electrons. The first kappa shape index (κ1) is 13.2. The molecule has 3 rings (SSSR count). The average Bonchev–Trinajstić information content (AvgIpc) is 3.20. The van der Waals surface area contributed by atoms with Crippen molar-refractivity contribution in [1.29, 1.82) is 0 Å². The molecular weight excluding hydrogens is 252 g/mol. The lowest BCUT2D eigenvalue weighted by molar-refractivity contribution is 0.415. The Hall–Kier alpha value is -1.81. The number of aromatic nitrogens is 1. The fourth-order valence-corrected chi connectivity index (χ4v) is 2.15. The van der Waals surface area contributed by atoms with Gasteiger partial charge in [0.15, 0.2) is 11.7 Å². The van der Waals surface area contributed by atoms with Crippen LogP contribution < -0.4 is 10.1 Å².